The molecule has 2 aliphatic rings. The number of nitrogens with zero attached hydrogens (tertiary/aromatic N) is 4. The number of rotatable bonds is 13. The van der Waals surface area contributed by atoms with Crippen LogP contribution in [0, 0.1) is 0 Å². The molecule has 2 aromatic rings. The summed E-state index contributed by atoms with van der Waals surface area (Å²) < 4.78 is 0. The molecule has 0 aromatic carbocycles. The number of carbonyl (C=O) groups excluding carboxylic acids is 2. The Balaban J connectivity index is 1.71. The van der Waals surface area contributed by atoms with E-state index in [0.717, 1.165) is 59.7 Å². The van der Waals surface area contributed by atoms with Crippen molar-refractivity contribution < 1.29 is 9.59 Å². The Morgan fingerprint density at radius 3 is 1.48 bits per heavy atom. The molecular weight excluding hydrogens is 452 g/mol. The molecule has 0 saturated heterocycles. The van der Waals surface area contributed by atoms with E-state index in [-0.39, 0.29) is 11.8 Å². The van der Waals surface area contributed by atoms with Gasteiger partial charge in [0, 0.05) is 25.5 Å². The Hall–Kier alpha value is -2.32. The number of hydrogen-bond donors (Lipinski definition) is 0. The van der Waals surface area contributed by atoms with Gasteiger partial charge in [0.05, 0.1) is 43.3 Å². The zero-order valence-corrected chi connectivity index (χ0v) is 21.1. The maximum Gasteiger partial charge on any atom is 0.261 e. The molecule has 8 heteroatoms. The van der Waals surface area contributed by atoms with Gasteiger partial charge in [-0.1, -0.05) is 58.8 Å². The lowest BCUT2D eigenvalue weighted by Gasteiger charge is -2.24. The van der Waals surface area contributed by atoms with Gasteiger partial charge in [-0.3, -0.25) is 19.6 Å². The number of thiazole rings is 2. The number of carbonyl (C=O) groups is 2. The SMILES string of the molecule is CCCCCCCN1C(=O)C2=C(c3cncs3)N(CCCCCC)C(=O)C2=C1c1cncs1. The van der Waals surface area contributed by atoms with Crippen molar-refractivity contribution in [2.45, 2.75) is 71.6 Å². The maximum absolute atomic E-state index is 13.8. The predicted octanol–water partition coefficient (Wildman–Crippen LogP) is 5.96. The highest BCUT2D eigenvalue weighted by Gasteiger charge is 2.49. The smallest absolute Gasteiger partial charge is 0.261 e. The molecule has 4 heterocycles. The molecule has 2 amide bonds. The summed E-state index contributed by atoms with van der Waals surface area (Å²) in [6, 6.07) is 0. The van der Waals surface area contributed by atoms with Gasteiger partial charge in [0.1, 0.15) is 0 Å². The second kappa shape index (κ2) is 11.2. The van der Waals surface area contributed by atoms with Crippen LogP contribution in [-0.4, -0.2) is 44.7 Å². The molecule has 0 unspecified atom stereocenters. The summed E-state index contributed by atoms with van der Waals surface area (Å²) in [4.78, 5) is 41.5. The molecule has 0 saturated carbocycles. The van der Waals surface area contributed by atoms with Crippen molar-refractivity contribution in [2.24, 2.45) is 0 Å². The quantitative estimate of drug-likeness (QED) is 0.329. The number of aromatic nitrogens is 2. The Morgan fingerprint density at radius 2 is 1.09 bits per heavy atom. The van der Waals surface area contributed by atoms with E-state index in [9.17, 15) is 9.59 Å². The fraction of sp³-hybridized carbons (Fsp3) is 0.520. The molecule has 0 aliphatic carbocycles. The largest absolute Gasteiger partial charge is 0.306 e. The van der Waals surface area contributed by atoms with Gasteiger partial charge in [0.25, 0.3) is 11.8 Å². The summed E-state index contributed by atoms with van der Waals surface area (Å²) in [5.41, 5.74) is 6.12. The average Bonchev–Trinajstić information content (AvgIpc) is 3.60. The van der Waals surface area contributed by atoms with E-state index < -0.39 is 0 Å². The van der Waals surface area contributed by atoms with Gasteiger partial charge in [-0.05, 0) is 12.8 Å². The van der Waals surface area contributed by atoms with Crippen LogP contribution in [-0.2, 0) is 9.59 Å². The van der Waals surface area contributed by atoms with Crippen molar-refractivity contribution in [3.05, 3.63) is 44.3 Å². The molecule has 6 nitrogen and oxygen atoms in total. The third-order valence-corrected chi connectivity index (χ3v) is 7.79. The molecule has 2 aliphatic heterocycles. The minimum absolute atomic E-state index is 0.0586. The monoisotopic (exact) mass is 484 g/mol. The van der Waals surface area contributed by atoms with Crippen LogP contribution in [0.15, 0.2) is 34.6 Å². The first-order chi connectivity index (χ1) is 16.2. The first-order valence-electron chi connectivity index (χ1n) is 12.1. The van der Waals surface area contributed by atoms with Crippen molar-refractivity contribution in [3.63, 3.8) is 0 Å². The number of unbranched alkanes of at least 4 members (excludes halogenated alkanes) is 7. The van der Waals surface area contributed by atoms with Gasteiger partial charge in [0.2, 0.25) is 0 Å². The minimum atomic E-state index is -0.0601. The van der Waals surface area contributed by atoms with Crippen LogP contribution in [0.3, 0.4) is 0 Å². The van der Waals surface area contributed by atoms with Crippen LogP contribution in [0.5, 0.6) is 0 Å². The lowest BCUT2D eigenvalue weighted by atomic mass is 10.1. The fourth-order valence-corrected chi connectivity index (χ4v) is 5.93. The summed E-state index contributed by atoms with van der Waals surface area (Å²) in [5.74, 6) is -0.119. The van der Waals surface area contributed by atoms with Crippen molar-refractivity contribution in [3.8, 4) is 0 Å². The molecule has 176 valence electrons. The van der Waals surface area contributed by atoms with Crippen molar-refractivity contribution >= 4 is 45.9 Å². The summed E-state index contributed by atoms with van der Waals surface area (Å²) in [6.45, 7) is 5.63. The normalized spacial score (nSPS) is 16.1. The number of amides is 2. The van der Waals surface area contributed by atoms with Gasteiger partial charge < -0.3 is 9.80 Å². The number of fused-ring (bicyclic) bond motifs is 1. The Kier molecular flexibility index (Phi) is 8.09. The van der Waals surface area contributed by atoms with Crippen LogP contribution >= 0.6 is 22.7 Å². The Bertz CT molecular complexity index is 1030. The Morgan fingerprint density at radius 1 is 0.667 bits per heavy atom. The summed E-state index contributed by atoms with van der Waals surface area (Å²) >= 11 is 2.96. The van der Waals surface area contributed by atoms with Gasteiger partial charge >= 0.3 is 0 Å². The number of hydrogen-bond acceptors (Lipinski definition) is 6. The van der Waals surface area contributed by atoms with Gasteiger partial charge in [-0.2, -0.15) is 0 Å². The standard InChI is InChI=1S/C25H32N4O2S2/c1-3-5-7-9-11-13-29-23(19-15-27-17-33-19)21-20(25(29)31)22(18-14-26-16-32-18)28(24(21)30)12-10-8-6-4-2/h14-17H,3-13H2,1-2H3. The summed E-state index contributed by atoms with van der Waals surface area (Å²) in [5, 5.41) is 0. The van der Waals surface area contributed by atoms with E-state index in [1.165, 1.54) is 41.9 Å². The first-order valence-corrected chi connectivity index (χ1v) is 13.8. The fourth-order valence-electron chi connectivity index (χ4n) is 4.57. The molecule has 33 heavy (non-hydrogen) atoms. The van der Waals surface area contributed by atoms with Crippen molar-refractivity contribution in [1.82, 2.24) is 19.8 Å². The van der Waals surface area contributed by atoms with Gasteiger partial charge in [-0.15, -0.1) is 22.7 Å². The highest BCUT2D eigenvalue weighted by molar-refractivity contribution is 7.11. The maximum atomic E-state index is 13.8. The van der Waals surface area contributed by atoms with Crippen LogP contribution in [0.2, 0.25) is 0 Å². The lowest BCUT2D eigenvalue weighted by molar-refractivity contribution is -0.124. The van der Waals surface area contributed by atoms with Crippen LogP contribution in [0.25, 0.3) is 11.4 Å². The predicted molar refractivity (Wildman–Crippen MR) is 134 cm³/mol. The molecular formula is C25H32N4O2S2. The van der Waals surface area contributed by atoms with E-state index in [1.54, 1.807) is 23.4 Å². The molecule has 4 rings (SSSR count). The van der Waals surface area contributed by atoms with Gasteiger partial charge in [0.15, 0.2) is 0 Å². The molecule has 0 radical (unpaired) electrons. The molecule has 0 atom stereocenters. The highest BCUT2D eigenvalue weighted by atomic mass is 32.1. The molecule has 0 fully saturated rings. The third-order valence-electron chi connectivity index (χ3n) is 6.23. The highest BCUT2D eigenvalue weighted by Crippen LogP contribution is 2.47. The van der Waals surface area contributed by atoms with Crippen LogP contribution in [0.4, 0.5) is 0 Å². The minimum Gasteiger partial charge on any atom is -0.306 e. The summed E-state index contributed by atoms with van der Waals surface area (Å²) in [7, 11) is 0. The third kappa shape index (κ3) is 4.82. The van der Waals surface area contributed by atoms with Gasteiger partial charge in [-0.25, -0.2) is 0 Å². The first kappa shape index (κ1) is 23.8. The van der Waals surface area contributed by atoms with E-state index >= 15 is 0 Å². The van der Waals surface area contributed by atoms with E-state index in [1.807, 2.05) is 9.80 Å². The lowest BCUT2D eigenvalue weighted by Crippen LogP contribution is -2.30. The Labute approximate surface area is 204 Å². The second-order valence-electron chi connectivity index (χ2n) is 8.57. The second-order valence-corrected chi connectivity index (χ2v) is 10.3. The van der Waals surface area contributed by atoms with E-state index in [4.69, 9.17) is 0 Å². The molecule has 0 spiro atoms. The van der Waals surface area contributed by atoms with Crippen LogP contribution in [0.1, 0.15) is 81.4 Å². The van der Waals surface area contributed by atoms with E-state index in [2.05, 4.69) is 23.8 Å². The molecule has 2 aromatic heterocycles. The van der Waals surface area contributed by atoms with Crippen LogP contribution < -0.4 is 0 Å². The topological polar surface area (TPSA) is 66.4 Å². The van der Waals surface area contributed by atoms with E-state index in [0.29, 0.717) is 24.2 Å². The molecule has 0 bridgehead atoms. The average molecular weight is 485 g/mol. The van der Waals surface area contributed by atoms with Crippen molar-refractivity contribution in [1.29, 1.82) is 0 Å². The van der Waals surface area contributed by atoms with Crippen molar-refractivity contribution in [2.75, 3.05) is 13.1 Å². The zero-order valence-electron chi connectivity index (χ0n) is 19.5. The summed E-state index contributed by atoms with van der Waals surface area (Å²) in [6.07, 6.45) is 13.4. The molecule has 0 N–H and O–H groups in total. The zero-order chi connectivity index (χ0) is 23.2.